The minimum atomic E-state index is -0.956. The molecule has 3 nitrogen and oxygen atoms in total. The van der Waals surface area contributed by atoms with E-state index in [0.717, 1.165) is 19.3 Å². The van der Waals surface area contributed by atoms with E-state index in [1.54, 1.807) is 7.11 Å². The third-order valence-corrected chi connectivity index (χ3v) is 4.08. The van der Waals surface area contributed by atoms with Crippen LogP contribution in [0.15, 0.2) is 0 Å². The van der Waals surface area contributed by atoms with E-state index in [-0.39, 0.29) is 11.0 Å². The number of methoxy groups -OCH3 is 1. The first kappa shape index (κ1) is 10.9. The second kappa shape index (κ2) is 5.50. The van der Waals surface area contributed by atoms with Crippen molar-refractivity contribution in [1.82, 2.24) is 0 Å². The van der Waals surface area contributed by atoms with Crippen molar-refractivity contribution in [3.05, 3.63) is 0 Å². The summed E-state index contributed by atoms with van der Waals surface area (Å²) in [5, 5.41) is -0.170. The number of hydrogen-bond donors (Lipinski definition) is 0. The first-order chi connectivity index (χ1) is 6.25. The summed E-state index contributed by atoms with van der Waals surface area (Å²) in [6, 6.07) is 0. The second-order valence-corrected chi connectivity index (χ2v) is 5.02. The molecule has 0 aromatic heterocycles. The summed E-state index contributed by atoms with van der Waals surface area (Å²) in [5.41, 5.74) is 0. The van der Waals surface area contributed by atoms with Crippen molar-refractivity contribution in [3.63, 3.8) is 0 Å². The smallest absolute Gasteiger partial charge is 0.148 e. The van der Waals surface area contributed by atoms with Crippen LogP contribution in [0.5, 0.6) is 0 Å². The quantitative estimate of drug-likeness (QED) is 0.625. The molecule has 2 unspecified atom stereocenters. The number of Topliss-reactive ketones (excluding diaryl/α,β-unsaturated/α-hetero) is 1. The first-order valence-electron chi connectivity index (χ1n) is 4.64. The molecule has 0 aliphatic heterocycles. The van der Waals surface area contributed by atoms with Crippen molar-refractivity contribution in [3.8, 4) is 0 Å². The van der Waals surface area contributed by atoms with Gasteiger partial charge in [-0.05, 0) is 19.3 Å². The van der Waals surface area contributed by atoms with Crippen LogP contribution in [-0.4, -0.2) is 34.7 Å². The molecule has 13 heavy (non-hydrogen) atoms. The van der Waals surface area contributed by atoms with Crippen LogP contribution in [0.25, 0.3) is 0 Å². The van der Waals surface area contributed by atoms with E-state index in [1.807, 2.05) is 0 Å². The van der Waals surface area contributed by atoms with Crippen LogP contribution in [0, 0.1) is 0 Å². The third kappa shape index (κ3) is 3.19. The molecule has 0 radical (unpaired) electrons. The average molecular weight is 204 g/mol. The molecule has 1 rings (SSSR count). The van der Waals surface area contributed by atoms with Gasteiger partial charge in [0.2, 0.25) is 0 Å². The fraction of sp³-hybridized carbons (Fsp3) is 0.889. The molecule has 1 saturated carbocycles. The van der Waals surface area contributed by atoms with Crippen LogP contribution in [0.2, 0.25) is 0 Å². The predicted octanol–water partition coefficient (Wildman–Crippen LogP) is 0.893. The molecule has 1 aliphatic rings. The Morgan fingerprint density at radius 1 is 1.62 bits per heavy atom. The maximum Gasteiger partial charge on any atom is 0.148 e. The lowest BCUT2D eigenvalue weighted by Gasteiger charge is -2.06. The summed E-state index contributed by atoms with van der Waals surface area (Å²) in [5.74, 6) is 0.792. The van der Waals surface area contributed by atoms with E-state index in [4.69, 9.17) is 4.74 Å². The Balaban J connectivity index is 2.26. The van der Waals surface area contributed by atoms with E-state index in [2.05, 4.69) is 0 Å². The van der Waals surface area contributed by atoms with E-state index < -0.39 is 10.8 Å². The Hall–Kier alpha value is -0.220. The molecule has 76 valence electrons. The van der Waals surface area contributed by atoms with E-state index in [1.165, 1.54) is 0 Å². The van der Waals surface area contributed by atoms with Gasteiger partial charge in [-0.15, -0.1) is 0 Å². The molecule has 1 aliphatic carbocycles. The van der Waals surface area contributed by atoms with E-state index in [0.29, 0.717) is 18.8 Å². The van der Waals surface area contributed by atoms with E-state index in [9.17, 15) is 9.00 Å². The summed E-state index contributed by atoms with van der Waals surface area (Å²) >= 11 is 0. The summed E-state index contributed by atoms with van der Waals surface area (Å²) in [6.45, 7) is 0.632. The monoisotopic (exact) mass is 204 g/mol. The highest BCUT2D eigenvalue weighted by Gasteiger charge is 2.29. The molecule has 2 atom stereocenters. The standard InChI is InChI=1S/C9H16O3S/c1-12-6-3-7-13(11)9-5-2-4-8(9)10/h9H,2-7H2,1H3. The SMILES string of the molecule is COCCCS(=O)C1CCCC1=O. The second-order valence-electron chi connectivity index (χ2n) is 3.28. The zero-order chi connectivity index (χ0) is 9.68. The lowest BCUT2D eigenvalue weighted by Crippen LogP contribution is -2.22. The number of hydrogen-bond acceptors (Lipinski definition) is 3. The lowest BCUT2D eigenvalue weighted by atomic mass is 10.3. The molecule has 1 fully saturated rings. The van der Waals surface area contributed by atoms with Crippen molar-refractivity contribution in [1.29, 1.82) is 0 Å². The van der Waals surface area contributed by atoms with Gasteiger partial charge in [0.25, 0.3) is 0 Å². The molecule has 0 aromatic rings. The Kier molecular flexibility index (Phi) is 4.59. The number of rotatable bonds is 5. The number of carbonyl (C=O) groups excluding carboxylic acids is 1. The largest absolute Gasteiger partial charge is 0.385 e. The van der Waals surface area contributed by atoms with Gasteiger partial charge in [0.05, 0.1) is 5.25 Å². The van der Waals surface area contributed by atoms with Gasteiger partial charge < -0.3 is 4.74 Å². The van der Waals surface area contributed by atoms with E-state index >= 15 is 0 Å². The molecular weight excluding hydrogens is 188 g/mol. The van der Waals surface area contributed by atoms with Crippen molar-refractivity contribution in [2.45, 2.75) is 30.9 Å². The van der Waals surface area contributed by atoms with Gasteiger partial charge in [-0.3, -0.25) is 9.00 Å². The Bertz CT molecular complexity index is 203. The van der Waals surface area contributed by atoms with Crippen molar-refractivity contribution in [2.24, 2.45) is 0 Å². The molecule has 0 aromatic carbocycles. The minimum Gasteiger partial charge on any atom is -0.385 e. The van der Waals surface area contributed by atoms with Gasteiger partial charge in [0, 0.05) is 36.7 Å². The van der Waals surface area contributed by atoms with Gasteiger partial charge >= 0.3 is 0 Å². The molecule has 0 amide bonds. The molecule has 0 bridgehead atoms. The zero-order valence-corrected chi connectivity index (χ0v) is 8.77. The van der Waals surface area contributed by atoms with Gasteiger partial charge in [-0.25, -0.2) is 0 Å². The first-order valence-corrected chi connectivity index (χ1v) is 6.02. The summed E-state index contributed by atoms with van der Waals surface area (Å²) in [7, 11) is 0.672. The van der Waals surface area contributed by atoms with Crippen LogP contribution in [-0.2, 0) is 20.3 Å². The topological polar surface area (TPSA) is 43.4 Å². The highest BCUT2D eigenvalue weighted by Crippen LogP contribution is 2.19. The Morgan fingerprint density at radius 2 is 2.38 bits per heavy atom. The van der Waals surface area contributed by atoms with Gasteiger partial charge in [0.15, 0.2) is 0 Å². The van der Waals surface area contributed by atoms with Crippen LogP contribution >= 0.6 is 0 Å². The number of carbonyl (C=O) groups is 1. The molecule has 0 heterocycles. The van der Waals surface area contributed by atoms with Crippen molar-refractivity contribution < 1.29 is 13.7 Å². The molecular formula is C9H16O3S. The molecule has 0 saturated heterocycles. The van der Waals surface area contributed by atoms with Crippen LogP contribution < -0.4 is 0 Å². The van der Waals surface area contributed by atoms with Crippen molar-refractivity contribution in [2.75, 3.05) is 19.5 Å². The lowest BCUT2D eigenvalue weighted by molar-refractivity contribution is -0.117. The predicted molar refractivity (Wildman–Crippen MR) is 52.1 cm³/mol. The fourth-order valence-corrected chi connectivity index (χ4v) is 3.08. The molecule has 0 spiro atoms. The Labute approximate surface area is 81.3 Å². The minimum absolute atomic E-state index is 0.170. The highest BCUT2D eigenvalue weighted by molar-refractivity contribution is 7.86. The van der Waals surface area contributed by atoms with Gasteiger partial charge in [-0.2, -0.15) is 0 Å². The highest BCUT2D eigenvalue weighted by atomic mass is 32.2. The molecule has 4 heteroatoms. The van der Waals surface area contributed by atoms with Crippen LogP contribution in [0.3, 0.4) is 0 Å². The number of ketones is 1. The van der Waals surface area contributed by atoms with Gasteiger partial charge in [-0.1, -0.05) is 0 Å². The maximum absolute atomic E-state index is 11.6. The number of ether oxygens (including phenoxy) is 1. The van der Waals surface area contributed by atoms with Crippen LogP contribution in [0.1, 0.15) is 25.7 Å². The molecule has 0 N–H and O–H groups in total. The van der Waals surface area contributed by atoms with Gasteiger partial charge in [0.1, 0.15) is 5.78 Å². The summed E-state index contributed by atoms with van der Waals surface area (Å²) in [6.07, 6.45) is 3.14. The normalized spacial score (nSPS) is 25.0. The van der Waals surface area contributed by atoms with Crippen molar-refractivity contribution >= 4 is 16.6 Å². The average Bonchev–Trinajstić information content (AvgIpc) is 2.52. The van der Waals surface area contributed by atoms with Crippen LogP contribution in [0.4, 0.5) is 0 Å². The third-order valence-electron chi connectivity index (χ3n) is 2.26. The maximum atomic E-state index is 11.6. The fourth-order valence-electron chi connectivity index (χ4n) is 1.55. The Morgan fingerprint density at radius 3 is 2.92 bits per heavy atom. The summed E-state index contributed by atoms with van der Waals surface area (Å²) < 4.78 is 16.4. The summed E-state index contributed by atoms with van der Waals surface area (Å²) in [4.78, 5) is 11.2. The zero-order valence-electron chi connectivity index (χ0n) is 7.95.